The van der Waals surface area contributed by atoms with Gasteiger partial charge in [0.25, 0.3) is 0 Å². The molecule has 0 aromatic carbocycles. The molecule has 0 saturated heterocycles. The van der Waals surface area contributed by atoms with Gasteiger partial charge in [-0.2, -0.15) is 0 Å². The number of nitrogens with one attached hydrogen (secondary N) is 1. The van der Waals surface area contributed by atoms with Crippen LogP contribution >= 0.6 is 0 Å². The molecule has 0 atom stereocenters. The van der Waals surface area contributed by atoms with Gasteiger partial charge in [0.1, 0.15) is 5.75 Å². The Morgan fingerprint density at radius 1 is 1.35 bits per heavy atom. The summed E-state index contributed by atoms with van der Waals surface area (Å²) in [5.41, 5.74) is 1.05. The van der Waals surface area contributed by atoms with Crippen LogP contribution in [0.15, 0.2) is 18.3 Å². The Morgan fingerprint density at radius 2 is 2.12 bits per heavy atom. The lowest BCUT2D eigenvalue weighted by Gasteiger charge is -2.20. The largest absolute Gasteiger partial charge is 0.492 e. The fraction of sp³-hybridized carbons (Fsp3) is 0.615. The van der Waals surface area contributed by atoms with E-state index in [-0.39, 0.29) is 12.2 Å². The highest BCUT2D eigenvalue weighted by Gasteiger charge is 2.08. The third kappa shape index (κ3) is 6.22. The van der Waals surface area contributed by atoms with Crippen molar-refractivity contribution in [2.24, 2.45) is 0 Å². The minimum Gasteiger partial charge on any atom is -0.492 e. The summed E-state index contributed by atoms with van der Waals surface area (Å²) in [7, 11) is 0. The molecule has 0 aliphatic heterocycles. The van der Waals surface area contributed by atoms with E-state index in [1.807, 2.05) is 12.1 Å². The van der Waals surface area contributed by atoms with Crippen molar-refractivity contribution >= 4 is 0 Å². The van der Waals surface area contributed by atoms with Gasteiger partial charge >= 0.3 is 0 Å². The van der Waals surface area contributed by atoms with E-state index in [9.17, 15) is 4.39 Å². The zero-order valence-electron chi connectivity index (χ0n) is 10.8. The third-order valence-corrected chi connectivity index (χ3v) is 2.14. The van der Waals surface area contributed by atoms with Crippen LogP contribution in [0, 0.1) is 0 Å². The lowest BCUT2D eigenvalue weighted by molar-refractivity contribution is 0.288. The average Bonchev–Trinajstić information content (AvgIpc) is 2.27. The fourth-order valence-corrected chi connectivity index (χ4v) is 1.20. The van der Waals surface area contributed by atoms with Gasteiger partial charge in [-0.25, -0.2) is 0 Å². The molecule has 0 aliphatic rings. The maximum atomic E-state index is 11.9. The second-order valence-electron chi connectivity index (χ2n) is 4.98. The van der Waals surface area contributed by atoms with Crippen molar-refractivity contribution < 1.29 is 9.13 Å². The second-order valence-corrected chi connectivity index (χ2v) is 4.98. The molecule has 3 nitrogen and oxygen atoms in total. The number of ether oxygens (including phenoxy) is 1. The maximum Gasteiger partial charge on any atom is 0.137 e. The monoisotopic (exact) mass is 240 g/mol. The van der Waals surface area contributed by atoms with Gasteiger partial charge in [0.15, 0.2) is 0 Å². The maximum absolute atomic E-state index is 11.9. The SMILES string of the molecule is CC(C)(C)NCc1ccc(OCCCF)cn1. The quantitative estimate of drug-likeness (QED) is 0.776. The summed E-state index contributed by atoms with van der Waals surface area (Å²) in [6, 6.07) is 3.79. The molecule has 0 spiro atoms. The van der Waals surface area contributed by atoms with Gasteiger partial charge in [-0.15, -0.1) is 0 Å². The molecule has 0 fully saturated rings. The molecule has 1 N–H and O–H groups in total. The van der Waals surface area contributed by atoms with Gasteiger partial charge < -0.3 is 10.1 Å². The molecule has 0 unspecified atom stereocenters. The summed E-state index contributed by atoms with van der Waals surface area (Å²) >= 11 is 0. The second kappa shape index (κ2) is 6.55. The van der Waals surface area contributed by atoms with Gasteiger partial charge in [0.2, 0.25) is 0 Å². The molecule has 1 rings (SSSR count). The van der Waals surface area contributed by atoms with Crippen molar-refractivity contribution in [3.8, 4) is 5.75 Å². The molecule has 4 heteroatoms. The average molecular weight is 240 g/mol. The number of aromatic nitrogens is 1. The summed E-state index contributed by atoms with van der Waals surface area (Å²) < 4.78 is 17.2. The van der Waals surface area contributed by atoms with Crippen LogP contribution in [0.2, 0.25) is 0 Å². The normalized spacial score (nSPS) is 11.5. The molecule has 0 aliphatic carbocycles. The Kier molecular flexibility index (Phi) is 5.35. The molecule has 96 valence electrons. The lowest BCUT2D eigenvalue weighted by Crippen LogP contribution is -2.35. The van der Waals surface area contributed by atoms with Crippen molar-refractivity contribution in [2.75, 3.05) is 13.3 Å². The van der Waals surface area contributed by atoms with Crippen LogP contribution in [-0.2, 0) is 6.54 Å². The van der Waals surface area contributed by atoms with Crippen LogP contribution in [0.5, 0.6) is 5.75 Å². The van der Waals surface area contributed by atoms with Gasteiger partial charge in [-0.1, -0.05) is 0 Å². The Hall–Kier alpha value is -1.16. The first-order valence-electron chi connectivity index (χ1n) is 5.90. The highest BCUT2D eigenvalue weighted by Crippen LogP contribution is 2.10. The summed E-state index contributed by atoms with van der Waals surface area (Å²) in [6.45, 7) is 7.12. The number of halogens is 1. The van der Waals surface area contributed by atoms with Crippen molar-refractivity contribution in [2.45, 2.75) is 39.3 Å². The van der Waals surface area contributed by atoms with E-state index >= 15 is 0 Å². The smallest absolute Gasteiger partial charge is 0.137 e. The molecular formula is C13H21FN2O. The van der Waals surface area contributed by atoms with E-state index in [4.69, 9.17) is 4.74 Å². The Balaban J connectivity index is 2.39. The molecule has 0 radical (unpaired) electrons. The number of rotatable bonds is 6. The zero-order chi connectivity index (χ0) is 12.7. The number of hydrogen-bond acceptors (Lipinski definition) is 3. The highest BCUT2D eigenvalue weighted by atomic mass is 19.1. The van der Waals surface area contributed by atoms with Gasteiger partial charge in [0, 0.05) is 18.5 Å². The third-order valence-electron chi connectivity index (χ3n) is 2.14. The molecule has 17 heavy (non-hydrogen) atoms. The summed E-state index contributed by atoms with van der Waals surface area (Å²) in [4.78, 5) is 4.28. The highest BCUT2D eigenvalue weighted by molar-refractivity contribution is 5.19. The summed E-state index contributed by atoms with van der Waals surface area (Å²) in [5.74, 6) is 0.693. The molecule has 0 saturated carbocycles. The molecule has 0 amide bonds. The van der Waals surface area contributed by atoms with E-state index in [1.54, 1.807) is 6.20 Å². The van der Waals surface area contributed by atoms with Gasteiger partial charge in [-0.3, -0.25) is 9.37 Å². The zero-order valence-corrected chi connectivity index (χ0v) is 10.8. The molecule has 0 bridgehead atoms. The molecule has 1 heterocycles. The minimum absolute atomic E-state index is 0.0813. The minimum atomic E-state index is -0.346. The van der Waals surface area contributed by atoms with E-state index in [0.29, 0.717) is 18.8 Å². The summed E-state index contributed by atoms with van der Waals surface area (Å²) in [6.07, 6.45) is 2.10. The Labute approximate surface area is 102 Å². The number of alkyl halides is 1. The van der Waals surface area contributed by atoms with Crippen molar-refractivity contribution in [3.05, 3.63) is 24.0 Å². The first-order chi connectivity index (χ1) is 8.01. The fourth-order valence-electron chi connectivity index (χ4n) is 1.20. The molecule has 1 aromatic rings. The van der Waals surface area contributed by atoms with Crippen molar-refractivity contribution in [1.82, 2.24) is 10.3 Å². The predicted molar refractivity (Wildman–Crippen MR) is 66.9 cm³/mol. The van der Waals surface area contributed by atoms with E-state index in [1.165, 1.54) is 0 Å². The lowest BCUT2D eigenvalue weighted by atomic mass is 10.1. The molecule has 1 aromatic heterocycles. The van der Waals surface area contributed by atoms with Crippen LogP contribution in [-0.4, -0.2) is 23.8 Å². The predicted octanol–water partition coefficient (Wildman–Crippen LogP) is 2.71. The van der Waals surface area contributed by atoms with Crippen molar-refractivity contribution in [3.63, 3.8) is 0 Å². The molecular weight excluding hydrogens is 219 g/mol. The Bertz CT molecular complexity index is 319. The summed E-state index contributed by atoms with van der Waals surface area (Å²) in [5, 5.41) is 3.36. The van der Waals surface area contributed by atoms with Gasteiger partial charge in [-0.05, 0) is 32.9 Å². The van der Waals surface area contributed by atoms with Crippen LogP contribution in [0.25, 0.3) is 0 Å². The van der Waals surface area contributed by atoms with Crippen LogP contribution < -0.4 is 10.1 Å². The number of nitrogens with zero attached hydrogens (tertiary/aromatic N) is 1. The topological polar surface area (TPSA) is 34.1 Å². The van der Waals surface area contributed by atoms with Crippen molar-refractivity contribution in [1.29, 1.82) is 0 Å². The van der Waals surface area contributed by atoms with Gasteiger partial charge in [0.05, 0.1) is 25.2 Å². The van der Waals surface area contributed by atoms with E-state index < -0.39 is 0 Å². The number of hydrogen-bond donors (Lipinski definition) is 1. The van der Waals surface area contributed by atoms with E-state index in [0.717, 1.165) is 12.2 Å². The number of pyridine rings is 1. The van der Waals surface area contributed by atoms with Crippen LogP contribution in [0.4, 0.5) is 4.39 Å². The standard InChI is InChI=1S/C13H21FN2O/c1-13(2,3)16-9-11-5-6-12(10-15-11)17-8-4-7-14/h5-6,10,16H,4,7-9H2,1-3H3. The van der Waals surface area contributed by atoms with E-state index in [2.05, 4.69) is 31.1 Å². The first-order valence-corrected chi connectivity index (χ1v) is 5.90. The van der Waals surface area contributed by atoms with Crippen LogP contribution in [0.1, 0.15) is 32.9 Å². The van der Waals surface area contributed by atoms with Crippen LogP contribution in [0.3, 0.4) is 0 Å². The Morgan fingerprint density at radius 3 is 2.65 bits per heavy atom. The first kappa shape index (κ1) is 13.9.